The van der Waals surface area contributed by atoms with Crippen molar-refractivity contribution >= 4 is 39.2 Å². The van der Waals surface area contributed by atoms with E-state index in [-0.39, 0.29) is 11.9 Å². The first kappa shape index (κ1) is 16.0. The summed E-state index contributed by atoms with van der Waals surface area (Å²) in [7, 11) is 0. The van der Waals surface area contributed by atoms with Crippen LogP contribution in [0.4, 0.5) is 0 Å². The van der Waals surface area contributed by atoms with E-state index in [0.29, 0.717) is 5.56 Å². The summed E-state index contributed by atoms with van der Waals surface area (Å²) in [5, 5.41) is 2.90. The Morgan fingerprint density at radius 2 is 1.91 bits per heavy atom. The molecule has 0 aliphatic heterocycles. The Balaban J connectivity index is 1.63. The molecule has 1 amide bonds. The van der Waals surface area contributed by atoms with E-state index in [1.807, 2.05) is 56.3 Å². The number of carbonyl (C=O) groups is 1. The SMILES string of the molecule is CC(C)NC(=O)c1ccc(CSc2nc3ccccc3s2)cc1. The third-order valence-electron chi connectivity index (χ3n) is 3.27. The minimum atomic E-state index is -0.0228. The fourth-order valence-corrected chi connectivity index (χ4v) is 4.18. The van der Waals surface area contributed by atoms with Crippen LogP contribution in [0.3, 0.4) is 0 Å². The van der Waals surface area contributed by atoms with Crippen LogP contribution in [0.1, 0.15) is 29.8 Å². The Hall–Kier alpha value is -1.85. The molecular formula is C18H18N2OS2. The molecule has 0 saturated carbocycles. The number of carbonyl (C=O) groups excluding carboxylic acids is 1. The third kappa shape index (κ3) is 4.12. The molecule has 0 bridgehead atoms. The normalized spacial score (nSPS) is 11.1. The molecule has 23 heavy (non-hydrogen) atoms. The number of aromatic nitrogens is 1. The van der Waals surface area contributed by atoms with Gasteiger partial charge in [0.25, 0.3) is 5.91 Å². The largest absolute Gasteiger partial charge is 0.350 e. The molecule has 3 aromatic rings. The van der Waals surface area contributed by atoms with Crippen molar-refractivity contribution in [1.29, 1.82) is 0 Å². The number of nitrogens with zero attached hydrogens (tertiary/aromatic N) is 1. The Kier molecular flexibility index (Phi) is 4.98. The average Bonchev–Trinajstić information content (AvgIpc) is 2.95. The summed E-state index contributed by atoms with van der Waals surface area (Å²) in [4.78, 5) is 16.5. The maximum atomic E-state index is 11.9. The lowest BCUT2D eigenvalue weighted by molar-refractivity contribution is 0.0943. The van der Waals surface area contributed by atoms with Crippen LogP contribution in [0.25, 0.3) is 10.2 Å². The summed E-state index contributed by atoms with van der Waals surface area (Å²) in [6.45, 7) is 3.92. The van der Waals surface area contributed by atoms with Gasteiger partial charge in [0.2, 0.25) is 0 Å². The number of rotatable bonds is 5. The number of nitrogens with one attached hydrogen (secondary N) is 1. The van der Waals surface area contributed by atoms with Crippen LogP contribution in [0.5, 0.6) is 0 Å². The van der Waals surface area contributed by atoms with Crippen LogP contribution in [0, 0.1) is 0 Å². The van der Waals surface area contributed by atoms with Gasteiger partial charge in [-0.1, -0.05) is 36.0 Å². The zero-order valence-electron chi connectivity index (χ0n) is 13.1. The van der Waals surface area contributed by atoms with Crippen molar-refractivity contribution in [3.63, 3.8) is 0 Å². The monoisotopic (exact) mass is 342 g/mol. The number of benzene rings is 2. The van der Waals surface area contributed by atoms with E-state index < -0.39 is 0 Å². The topological polar surface area (TPSA) is 42.0 Å². The molecule has 1 N–H and O–H groups in total. The van der Waals surface area contributed by atoms with Gasteiger partial charge in [0.15, 0.2) is 4.34 Å². The molecule has 3 rings (SSSR count). The highest BCUT2D eigenvalue weighted by molar-refractivity contribution is 8.00. The van der Waals surface area contributed by atoms with E-state index >= 15 is 0 Å². The summed E-state index contributed by atoms with van der Waals surface area (Å²) in [6, 6.07) is 16.1. The number of fused-ring (bicyclic) bond motifs is 1. The highest BCUT2D eigenvalue weighted by Crippen LogP contribution is 2.31. The molecule has 118 valence electrons. The molecule has 0 saturated heterocycles. The van der Waals surface area contributed by atoms with Gasteiger partial charge in [-0.2, -0.15) is 0 Å². The summed E-state index contributed by atoms with van der Waals surface area (Å²) in [6.07, 6.45) is 0. The second-order valence-corrected chi connectivity index (χ2v) is 7.81. The van der Waals surface area contributed by atoms with Gasteiger partial charge in [0, 0.05) is 17.4 Å². The Labute approximate surface area is 144 Å². The Morgan fingerprint density at radius 3 is 2.61 bits per heavy atom. The molecule has 0 atom stereocenters. The van der Waals surface area contributed by atoms with Crippen molar-refractivity contribution in [2.45, 2.75) is 30.0 Å². The quantitative estimate of drug-likeness (QED) is 0.682. The number of thioether (sulfide) groups is 1. The average molecular weight is 342 g/mol. The predicted molar refractivity (Wildman–Crippen MR) is 98.2 cm³/mol. The van der Waals surface area contributed by atoms with Crippen LogP contribution < -0.4 is 5.32 Å². The first-order valence-electron chi connectivity index (χ1n) is 7.50. The van der Waals surface area contributed by atoms with E-state index in [1.54, 1.807) is 23.1 Å². The minimum absolute atomic E-state index is 0.0228. The van der Waals surface area contributed by atoms with Gasteiger partial charge in [-0.25, -0.2) is 4.98 Å². The molecule has 3 nitrogen and oxygen atoms in total. The molecule has 1 heterocycles. The van der Waals surface area contributed by atoms with Crippen molar-refractivity contribution < 1.29 is 4.79 Å². The molecule has 0 spiro atoms. The fraction of sp³-hybridized carbons (Fsp3) is 0.222. The predicted octanol–water partition coefficient (Wildman–Crippen LogP) is 4.73. The van der Waals surface area contributed by atoms with Gasteiger partial charge < -0.3 is 5.32 Å². The standard InChI is InChI=1S/C18H18N2OS2/c1-12(2)19-17(21)14-9-7-13(8-10-14)11-22-18-20-15-5-3-4-6-16(15)23-18/h3-10,12H,11H2,1-2H3,(H,19,21). The van der Waals surface area contributed by atoms with Gasteiger partial charge in [-0.3, -0.25) is 4.79 Å². The molecule has 5 heteroatoms. The van der Waals surface area contributed by atoms with Crippen LogP contribution >= 0.6 is 23.1 Å². The maximum absolute atomic E-state index is 11.9. The van der Waals surface area contributed by atoms with Crippen molar-refractivity contribution in [2.75, 3.05) is 0 Å². The van der Waals surface area contributed by atoms with Crippen molar-refractivity contribution in [1.82, 2.24) is 10.3 Å². The molecule has 0 aliphatic carbocycles. The lowest BCUT2D eigenvalue weighted by Crippen LogP contribution is -2.29. The van der Waals surface area contributed by atoms with Gasteiger partial charge in [0.05, 0.1) is 10.2 Å². The zero-order valence-corrected chi connectivity index (χ0v) is 14.7. The summed E-state index contributed by atoms with van der Waals surface area (Å²) >= 11 is 3.45. The molecule has 0 unspecified atom stereocenters. The maximum Gasteiger partial charge on any atom is 0.251 e. The van der Waals surface area contributed by atoms with Crippen molar-refractivity contribution in [2.24, 2.45) is 0 Å². The second kappa shape index (κ2) is 7.15. The van der Waals surface area contributed by atoms with Crippen LogP contribution in [0.2, 0.25) is 0 Å². The number of para-hydroxylation sites is 1. The van der Waals surface area contributed by atoms with Gasteiger partial charge >= 0.3 is 0 Å². The van der Waals surface area contributed by atoms with E-state index in [2.05, 4.69) is 16.4 Å². The zero-order chi connectivity index (χ0) is 16.2. The summed E-state index contributed by atoms with van der Waals surface area (Å²) in [5.74, 6) is 0.830. The lowest BCUT2D eigenvalue weighted by Gasteiger charge is -2.08. The van der Waals surface area contributed by atoms with Crippen LogP contribution in [-0.4, -0.2) is 16.9 Å². The van der Waals surface area contributed by atoms with Gasteiger partial charge in [-0.05, 0) is 43.7 Å². The number of thiazole rings is 1. The van der Waals surface area contributed by atoms with Crippen LogP contribution in [-0.2, 0) is 5.75 Å². The molecular weight excluding hydrogens is 324 g/mol. The lowest BCUT2D eigenvalue weighted by atomic mass is 10.1. The highest BCUT2D eigenvalue weighted by atomic mass is 32.2. The minimum Gasteiger partial charge on any atom is -0.350 e. The van der Waals surface area contributed by atoms with Crippen LogP contribution in [0.15, 0.2) is 52.9 Å². The Morgan fingerprint density at radius 1 is 1.17 bits per heavy atom. The number of amides is 1. The van der Waals surface area contributed by atoms with E-state index in [9.17, 15) is 4.79 Å². The highest BCUT2D eigenvalue weighted by Gasteiger charge is 2.07. The summed E-state index contributed by atoms with van der Waals surface area (Å²) in [5.41, 5.74) is 2.95. The fourth-order valence-electron chi connectivity index (χ4n) is 2.16. The van der Waals surface area contributed by atoms with Crippen molar-refractivity contribution in [3.8, 4) is 0 Å². The number of hydrogen-bond donors (Lipinski definition) is 1. The molecule has 1 aromatic heterocycles. The van der Waals surface area contributed by atoms with E-state index in [0.717, 1.165) is 15.6 Å². The molecule has 2 aromatic carbocycles. The molecule has 0 fully saturated rings. The smallest absolute Gasteiger partial charge is 0.251 e. The van der Waals surface area contributed by atoms with E-state index in [1.165, 1.54) is 10.3 Å². The molecule has 0 aliphatic rings. The van der Waals surface area contributed by atoms with Crippen molar-refractivity contribution in [3.05, 3.63) is 59.7 Å². The first-order valence-corrected chi connectivity index (χ1v) is 9.30. The molecule has 0 radical (unpaired) electrons. The number of hydrogen-bond acceptors (Lipinski definition) is 4. The van der Waals surface area contributed by atoms with Gasteiger partial charge in [0.1, 0.15) is 0 Å². The van der Waals surface area contributed by atoms with Gasteiger partial charge in [-0.15, -0.1) is 11.3 Å². The first-order chi connectivity index (χ1) is 11.1. The summed E-state index contributed by atoms with van der Waals surface area (Å²) < 4.78 is 2.29. The third-order valence-corrected chi connectivity index (χ3v) is 5.52. The van der Waals surface area contributed by atoms with E-state index in [4.69, 9.17) is 0 Å². The second-order valence-electron chi connectivity index (χ2n) is 5.56. The Bertz CT molecular complexity index is 776.